The van der Waals surface area contributed by atoms with E-state index in [0.717, 1.165) is 18.9 Å². The van der Waals surface area contributed by atoms with Crippen LogP contribution < -0.4 is 5.32 Å². The number of benzene rings is 1. The van der Waals surface area contributed by atoms with E-state index in [1.165, 1.54) is 23.5 Å². The van der Waals surface area contributed by atoms with Crippen LogP contribution in [0.3, 0.4) is 0 Å². The number of rotatable bonds is 7. The maximum absolute atomic E-state index is 12.5. The average Bonchev–Trinajstić information content (AvgIpc) is 3.35. The van der Waals surface area contributed by atoms with Crippen molar-refractivity contribution in [3.63, 3.8) is 0 Å². The molecule has 0 aliphatic heterocycles. The Labute approximate surface area is 152 Å². The molecule has 0 radical (unpaired) electrons. The van der Waals surface area contributed by atoms with Crippen LogP contribution in [0.1, 0.15) is 37.0 Å². The van der Waals surface area contributed by atoms with Gasteiger partial charge in [-0.15, -0.1) is 0 Å². The lowest BCUT2D eigenvalue weighted by Gasteiger charge is -2.21. The zero-order valence-corrected chi connectivity index (χ0v) is 15.9. The normalized spacial score (nSPS) is 14.6. The first kappa shape index (κ1) is 19.7. The minimum atomic E-state index is -3.76. The van der Waals surface area contributed by atoms with Crippen LogP contribution in [0.4, 0.5) is 0 Å². The summed E-state index contributed by atoms with van der Waals surface area (Å²) in [6.45, 7) is 3.04. The predicted molar refractivity (Wildman–Crippen MR) is 93.0 cm³/mol. The average molecular weight is 389 g/mol. The van der Waals surface area contributed by atoms with E-state index in [2.05, 4.69) is 5.32 Å². The van der Waals surface area contributed by atoms with Gasteiger partial charge in [0, 0.05) is 19.1 Å². The summed E-state index contributed by atoms with van der Waals surface area (Å²) in [5, 5.41) is 2.74. The van der Waals surface area contributed by atoms with Crippen molar-refractivity contribution < 1.29 is 22.7 Å². The third-order valence-corrected chi connectivity index (χ3v) is 6.20. The summed E-state index contributed by atoms with van der Waals surface area (Å²) in [5.41, 5.74) is -0.0980. The lowest BCUT2D eigenvalue weighted by atomic mass is 10.2. The van der Waals surface area contributed by atoms with Gasteiger partial charge in [0.15, 0.2) is 6.61 Å². The number of halogens is 1. The molecule has 0 saturated heterocycles. The lowest BCUT2D eigenvalue weighted by Crippen LogP contribution is -2.33. The molecular weight excluding hydrogens is 368 g/mol. The molecule has 0 heterocycles. The van der Waals surface area contributed by atoms with Crippen LogP contribution in [0.5, 0.6) is 0 Å². The van der Waals surface area contributed by atoms with Gasteiger partial charge in [-0.05, 0) is 44.9 Å². The fourth-order valence-electron chi connectivity index (χ4n) is 1.97. The number of ether oxygens (including phenoxy) is 1. The number of nitrogens with one attached hydrogen (secondary N) is 1. The molecule has 1 saturated carbocycles. The molecule has 0 aromatic heterocycles. The summed E-state index contributed by atoms with van der Waals surface area (Å²) in [5.74, 6) is -1.24. The second-order valence-electron chi connectivity index (χ2n) is 6.17. The Hall–Kier alpha value is -1.64. The molecule has 1 aromatic carbocycles. The SMILES string of the molecule is CC(C)N(C)S(=O)(=O)c1ccc(Cl)c(C(=O)OCC(=O)NC2CC2)c1. The summed E-state index contributed by atoms with van der Waals surface area (Å²) in [4.78, 5) is 23.7. The molecule has 1 N–H and O–H groups in total. The second-order valence-corrected chi connectivity index (χ2v) is 8.58. The minimum Gasteiger partial charge on any atom is -0.452 e. The van der Waals surface area contributed by atoms with Gasteiger partial charge in [0.05, 0.1) is 15.5 Å². The van der Waals surface area contributed by atoms with Crippen LogP contribution in [0.25, 0.3) is 0 Å². The van der Waals surface area contributed by atoms with Crippen molar-refractivity contribution in [2.75, 3.05) is 13.7 Å². The van der Waals surface area contributed by atoms with Gasteiger partial charge < -0.3 is 10.1 Å². The standard InChI is InChI=1S/C16H21ClN2O5S/c1-10(2)19(3)25(22,23)12-6-7-14(17)13(8-12)16(21)24-9-15(20)18-11-4-5-11/h6-8,10-11H,4-5,9H2,1-3H3,(H,18,20). The zero-order valence-electron chi connectivity index (χ0n) is 14.3. The molecule has 0 unspecified atom stereocenters. The highest BCUT2D eigenvalue weighted by atomic mass is 35.5. The molecule has 25 heavy (non-hydrogen) atoms. The first-order valence-corrected chi connectivity index (χ1v) is 9.68. The fourth-order valence-corrected chi connectivity index (χ4v) is 3.56. The molecule has 1 amide bonds. The summed E-state index contributed by atoms with van der Waals surface area (Å²) in [6, 6.07) is 3.73. The van der Waals surface area contributed by atoms with E-state index in [0.29, 0.717) is 0 Å². The predicted octanol–water partition coefficient (Wildman–Crippen LogP) is 1.80. The third kappa shape index (κ3) is 4.93. The van der Waals surface area contributed by atoms with E-state index < -0.39 is 28.5 Å². The number of hydrogen-bond acceptors (Lipinski definition) is 5. The smallest absolute Gasteiger partial charge is 0.340 e. The van der Waals surface area contributed by atoms with Gasteiger partial charge in [0.25, 0.3) is 5.91 Å². The van der Waals surface area contributed by atoms with Gasteiger partial charge in [-0.3, -0.25) is 4.79 Å². The first-order valence-electron chi connectivity index (χ1n) is 7.87. The number of carbonyl (C=O) groups is 2. The molecule has 2 rings (SSSR count). The molecule has 1 aliphatic rings. The quantitative estimate of drug-likeness (QED) is 0.719. The van der Waals surface area contributed by atoms with Crippen molar-refractivity contribution in [3.05, 3.63) is 28.8 Å². The Morgan fingerprint density at radius 1 is 1.36 bits per heavy atom. The van der Waals surface area contributed by atoms with Gasteiger partial charge in [-0.25, -0.2) is 13.2 Å². The van der Waals surface area contributed by atoms with E-state index in [9.17, 15) is 18.0 Å². The highest BCUT2D eigenvalue weighted by Gasteiger charge is 2.26. The second kappa shape index (κ2) is 7.72. The van der Waals surface area contributed by atoms with E-state index in [-0.39, 0.29) is 27.6 Å². The largest absolute Gasteiger partial charge is 0.452 e. The van der Waals surface area contributed by atoms with Crippen molar-refractivity contribution in [2.24, 2.45) is 0 Å². The van der Waals surface area contributed by atoms with Crippen molar-refractivity contribution >= 4 is 33.5 Å². The van der Waals surface area contributed by atoms with Gasteiger partial charge in [0.2, 0.25) is 10.0 Å². The van der Waals surface area contributed by atoms with E-state index in [1.807, 2.05) is 0 Å². The third-order valence-electron chi connectivity index (χ3n) is 3.84. The van der Waals surface area contributed by atoms with E-state index in [4.69, 9.17) is 16.3 Å². The van der Waals surface area contributed by atoms with Gasteiger partial charge in [-0.2, -0.15) is 4.31 Å². The molecule has 1 aliphatic carbocycles. The molecule has 0 spiro atoms. The fraction of sp³-hybridized carbons (Fsp3) is 0.500. The van der Waals surface area contributed by atoms with Crippen molar-refractivity contribution in [1.82, 2.24) is 9.62 Å². The number of hydrogen-bond donors (Lipinski definition) is 1. The van der Waals surface area contributed by atoms with Gasteiger partial charge >= 0.3 is 5.97 Å². The van der Waals surface area contributed by atoms with Gasteiger partial charge in [0.1, 0.15) is 0 Å². The Bertz CT molecular complexity index is 775. The Morgan fingerprint density at radius 2 is 2.00 bits per heavy atom. The lowest BCUT2D eigenvalue weighted by molar-refractivity contribution is -0.124. The topological polar surface area (TPSA) is 92.8 Å². The zero-order chi connectivity index (χ0) is 18.8. The van der Waals surface area contributed by atoms with Crippen LogP contribution in [-0.2, 0) is 19.6 Å². The van der Waals surface area contributed by atoms with Crippen LogP contribution >= 0.6 is 11.6 Å². The first-order chi connectivity index (χ1) is 11.6. The monoisotopic (exact) mass is 388 g/mol. The number of esters is 1. The molecule has 1 aromatic rings. The Morgan fingerprint density at radius 3 is 2.56 bits per heavy atom. The Balaban J connectivity index is 2.14. The maximum atomic E-state index is 12.5. The van der Waals surface area contributed by atoms with Gasteiger partial charge in [-0.1, -0.05) is 11.6 Å². The number of amides is 1. The van der Waals surface area contributed by atoms with Crippen LogP contribution in [-0.4, -0.2) is 50.3 Å². The summed E-state index contributed by atoms with van der Waals surface area (Å²) >= 11 is 5.98. The summed E-state index contributed by atoms with van der Waals surface area (Å²) in [7, 11) is -2.31. The number of carbonyl (C=O) groups excluding carboxylic acids is 2. The minimum absolute atomic E-state index is 0.0544. The van der Waals surface area contributed by atoms with Crippen LogP contribution in [0, 0.1) is 0 Å². The van der Waals surface area contributed by atoms with Crippen molar-refractivity contribution in [2.45, 2.75) is 43.7 Å². The number of nitrogens with zero attached hydrogens (tertiary/aromatic N) is 1. The van der Waals surface area contributed by atoms with Crippen molar-refractivity contribution in [1.29, 1.82) is 0 Å². The van der Waals surface area contributed by atoms with Crippen LogP contribution in [0.2, 0.25) is 5.02 Å². The van der Waals surface area contributed by atoms with Crippen LogP contribution in [0.15, 0.2) is 23.1 Å². The molecule has 138 valence electrons. The summed E-state index contributed by atoms with van der Waals surface area (Å²) < 4.78 is 31.2. The highest BCUT2D eigenvalue weighted by Crippen LogP contribution is 2.24. The molecule has 1 fully saturated rings. The van der Waals surface area contributed by atoms with E-state index in [1.54, 1.807) is 13.8 Å². The number of sulfonamides is 1. The summed E-state index contributed by atoms with van der Waals surface area (Å²) in [6.07, 6.45) is 1.85. The van der Waals surface area contributed by atoms with E-state index >= 15 is 0 Å². The maximum Gasteiger partial charge on any atom is 0.340 e. The molecule has 7 nitrogen and oxygen atoms in total. The molecule has 9 heteroatoms. The Kier molecular flexibility index (Phi) is 6.08. The van der Waals surface area contributed by atoms with Crippen molar-refractivity contribution in [3.8, 4) is 0 Å². The molecule has 0 atom stereocenters. The highest BCUT2D eigenvalue weighted by molar-refractivity contribution is 7.89. The molecule has 0 bridgehead atoms. The molecular formula is C16H21ClN2O5S.